The van der Waals surface area contributed by atoms with Gasteiger partial charge in [0.1, 0.15) is 11.5 Å². The molecule has 0 saturated heterocycles. The van der Waals surface area contributed by atoms with E-state index < -0.39 is 22.8 Å². The molecule has 1 aliphatic rings. The first-order valence-corrected chi connectivity index (χ1v) is 5.40. The van der Waals surface area contributed by atoms with Crippen LogP contribution in [0.4, 0.5) is 19.0 Å². The molecule has 19 heavy (non-hydrogen) atoms. The molecule has 0 saturated carbocycles. The molecule has 1 aromatic heterocycles. The predicted octanol–water partition coefficient (Wildman–Crippen LogP) is 1.27. The summed E-state index contributed by atoms with van der Waals surface area (Å²) in [4.78, 5) is 11.8. The van der Waals surface area contributed by atoms with Crippen molar-refractivity contribution in [2.45, 2.75) is 11.2 Å². The van der Waals surface area contributed by atoms with Crippen LogP contribution < -0.4 is 16.2 Å². The van der Waals surface area contributed by atoms with Crippen LogP contribution in [0.2, 0.25) is 0 Å². The minimum Gasteiger partial charge on any atom is -0.364 e. The quantitative estimate of drug-likeness (QED) is 0.636. The van der Waals surface area contributed by atoms with Crippen molar-refractivity contribution in [2.24, 2.45) is 5.73 Å². The fraction of sp³-hybridized carbons (Fsp3) is 0.200. The number of aromatic nitrogens is 1. The standard InChI is InChI=1S/C10H8ClF3N4O/c11-9(10(12,13)14)5-6(8(15)19)17-18(9)7-3-1-2-4-16-7/h1-5,17H,(H2,15,19). The van der Waals surface area contributed by atoms with Gasteiger partial charge in [-0.25, -0.2) is 9.99 Å². The molecule has 9 heteroatoms. The molecule has 5 nitrogen and oxygen atoms in total. The zero-order valence-corrected chi connectivity index (χ0v) is 10.0. The lowest BCUT2D eigenvalue weighted by Gasteiger charge is -2.33. The van der Waals surface area contributed by atoms with Gasteiger partial charge in [-0.15, -0.1) is 0 Å². The van der Waals surface area contributed by atoms with E-state index in [0.29, 0.717) is 11.1 Å². The van der Waals surface area contributed by atoms with E-state index in [-0.39, 0.29) is 5.82 Å². The highest BCUT2D eigenvalue weighted by atomic mass is 35.5. The van der Waals surface area contributed by atoms with E-state index in [1.807, 2.05) is 0 Å². The number of anilines is 1. The summed E-state index contributed by atoms with van der Waals surface area (Å²) >= 11 is 5.60. The monoisotopic (exact) mass is 292 g/mol. The Morgan fingerprint density at radius 3 is 2.63 bits per heavy atom. The van der Waals surface area contributed by atoms with E-state index in [1.54, 1.807) is 0 Å². The lowest BCUT2D eigenvalue weighted by Crippen LogP contribution is -2.55. The number of alkyl halides is 4. The highest BCUT2D eigenvalue weighted by molar-refractivity contribution is 6.28. The molecule has 0 radical (unpaired) electrons. The maximum Gasteiger partial charge on any atom is 0.431 e. The number of primary amides is 1. The van der Waals surface area contributed by atoms with Crippen LogP contribution >= 0.6 is 11.6 Å². The van der Waals surface area contributed by atoms with Crippen molar-refractivity contribution in [1.29, 1.82) is 0 Å². The van der Waals surface area contributed by atoms with Crippen molar-refractivity contribution in [3.05, 3.63) is 36.2 Å². The van der Waals surface area contributed by atoms with Gasteiger partial charge in [-0.2, -0.15) is 13.2 Å². The van der Waals surface area contributed by atoms with Gasteiger partial charge in [-0.05, 0) is 18.2 Å². The lowest BCUT2D eigenvalue weighted by atomic mass is 10.2. The van der Waals surface area contributed by atoms with Gasteiger partial charge in [0.25, 0.3) is 10.9 Å². The van der Waals surface area contributed by atoms with E-state index >= 15 is 0 Å². The molecule has 2 rings (SSSR count). The van der Waals surface area contributed by atoms with Gasteiger partial charge in [-0.1, -0.05) is 17.7 Å². The molecular weight excluding hydrogens is 285 g/mol. The summed E-state index contributed by atoms with van der Waals surface area (Å²) in [5, 5.41) is 0.536. The van der Waals surface area contributed by atoms with Crippen LogP contribution in [0.1, 0.15) is 0 Å². The second-order valence-electron chi connectivity index (χ2n) is 3.73. The summed E-state index contributed by atoms with van der Waals surface area (Å²) in [5.74, 6) is -1.14. The summed E-state index contributed by atoms with van der Waals surface area (Å²) in [6.45, 7) is 0. The second-order valence-corrected chi connectivity index (χ2v) is 4.30. The van der Waals surface area contributed by atoms with E-state index in [2.05, 4.69) is 10.4 Å². The third-order valence-electron chi connectivity index (χ3n) is 2.43. The maximum atomic E-state index is 13.1. The van der Waals surface area contributed by atoms with Crippen LogP contribution in [-0.4, -0.2) is 22.1 Å². The average Bonchev–Trinajstić information content (AvgIpc) is 2.69. The van der Waals surface area contributed by atoms with Crippen molar-refractivity contribution in [1.82, 2.24) is 10.4 Å². The zero-order valence-electron chi connectivity index (χ0n) is 9.28. The fourth-order valence-corrected chi connectivity index (χ4v) is 1.77. The smallest absolute Gasteiger partial charge is 0.364 e. The molecule has 1 atom stereocenters. The predicted molar refractivity (Wildman–Crippen MR) is 61.8 cm³/mol. The van der Waals surface area contributed by atoms with E-state index in [0.717, 1.165) is 0 Å². The van der Waals surface area contributed by atoms with Gasteiger partial charge < -0.3 is 5.73 Å². The summed E-state index contributed by atoms with van der Waals surface area (Å²) in [5.41, 5.74) is 6.72. The Morgan fingerprint density at radius 1 is 1.47 bits per heavy atom. The minimum absolute atomic E-state index is 0.0951. The highest BCUT2D eigenvalue weighted by Gasteiger charge is 2.60. The summed E-state index contributed by atoms with van der Waals surface area (Å²) in [6.07, 6.45) is -3.02. The minimum atomic E-state index is -4.84. The number of nitrogens with zero attached hydrogens (tertiary/aromatic N) is 2. The Kier molecular flexibility index (Phi) is 3.05. The summed E-state index contributed by atoms with van der Waals surface area (Å²) in [7, 11) is 0. The largest absolute Gasteiger partial charge is 0.431 e. The molecule has 0 bridgehead atoms. The van der Waals surface area contributed by atoms with E-state index in [4.69, 9.17) is 17.3 Å². The molecule has 0 aromatic carbocycles. The first kappa shape index (κ1) is 13.5. The molecule has 1 aliphatic heterocycles. The number of rotatable bonds is 2. The van der Waals surface area contributed by atoms with Crippen molar-refractivity contribution >= 4 is 23.3 Å². The topological polar surface area (TPSA) is 71.2 Å². The summed E-state index contributed by atoms with van der Waals surface area (Å²) in [6, 6.07) is 4.33. The molecule has 1 unspecified atom stereocenters. The molecule has 1 aromatic rings. The molecule has 0 fully saturated rings. The van der Waals surface area contributed by atoms with E-state index in [9.17, 15) is 18.0 Å². The number of pyridine rings is 1. The van der Waals surface area contributed by atoms with Gasteiger partial charge in [0, 0.05) is 6.20 Å². The number of hydrogen-bond donors (Lipinski definition) is 2. The van der Waals surface area contributed by atoms with Gasteiger partial charge in [-0.3, -0.25) is 10.2 Å². The third kappa shape index (κ3) is 2.19. The van der Waals surface area contributed by atoms with Crippen molar-refractivity contribution in [2.75, 3.05) is 5.01 Å². The summed E-state index contributed by atoms with van der Waals surface area (Å²) < 4.78 is 39.2. The van der Waals surface area contributed by atoms with Gasteiger partial charge >= 0.3 is 6.18 Å². The Morgan fingerprint density at radius 2 is 2.16 bits per heavy atom. The van der Waals surface area contributed by atoms with Gasteiger partial charge in [0.05, 0.1) is 0 Å². The normalized spacial score (nSPS) is 22.9. The van der Waals surface area contributed by atoms with Crippen LogP contribution in [0, 0.1) is 0 Å². The molecule has 0 aliphatic carbocycles. The lowest BCUT2D eigenvalue weighted by molar-refractivity contribution is -0.149. The Hall–Kier alpha value is -1.96. The maximum absolute atomic E-state index is 13.1. The van der Waals surface area contributed by atoms with Crippen LogP contribution in [0.15, 0.2) is 36.2 Å². The van der Waals surface area contributed by atoms with Crippen LogP contribution in [0.3, 0.4) is 0 Å². The second kappa shape index (κ2) is 4.30. The Labute approximate surface area is 110 Å². The number of carbonyl (C=O) groups excluding carboxylic acids is 1. The Bertz CT molecular complexity index is 533. The van der Waals surface area contributed by atoms with E-state index in [1.165, 1.54) is 24.4 Å². The molecule has 102 valence electrons. The van der Waals surface area contributed by atoms with Gasteiger partial charge in [0.2, 0.25) is 0 Å². The highest BCUT2D eigenvalue weighted by Crippen LogP contribution is 2.44. The number of nitrogens with two attached hydrogens (primary N) is 1. The van der Waals surface area contributed by atoms with Crippen molar-refractivity contribution in [3.8, 4) is 0 Å². The van der Waals surface area contributed by atoms with Crippen LogP contribution in [-0.2, 0) is 4.79 Å². The van der Waals surface area contributed by atoms with Gasteiger partial charge in [0.15, 0.2) is 0 Å². The number of nitrogens with one attached hydrogen (secondary N) is 1. The van der Waals surface area contributed by atoms with Crippen molar-refractivity contribution < 1.29 is 18.0 Å². The van der Waals surface area contributed by atoms with Crippen LogP contribution in [0.5, 0.6) is 0 Å². The number of hydrazine groups is 1. The zero-order chi connectivity index (χ0) is 14.3. The molecule has 2 heterocycles. The first-order valence-electron chi connectivity index (χ1n) is 5.02. The number of carbonyl (C=O) groups is 1. The first-order chi connectivity index (χ1) is 8.75. The number of hydrogen-bond acceptors (Lipinski definition) is 4. The molecule has 1 amide bonds. The SMILES string of the molecule is NC(=O)C1=CC(Cl)(C(F)(F)F)N(c2ccccn2)N1. The molecular formula is C10H8ClF3N4O. The van der Waals surface area contributed by atoms with Crippen LogP contribution in [0.25, 0.3) is 0 Å². The molecule has 3 N–H and O–H groups in total. The average molecular weight is 293 g/mol. The Balaban J connectivity index is 2.48. The third-order valence-corrected chi connectivity index (χ3v) is 2.93. The van der Waals surface area contributed by atoms with Crippen molar-refractivity contribution in [3.63, 3.8) is 0 Å². The number of amides is 1. The molecule has 0 spiro atoms. The fourth-order valence-electron chi connectivity index (χ4n) is 1.53. The number of halogens is 4.